The molecule has 1 aliphatic heterocycles. The van der Waals surface area contributed by atoms with Crippen LogP contribution in [0.1, 0.15) is 12.8 Å². The predicted molar refractivity (Wildman–Crippen MR) is 80.2 cm³/mol. The number of urea groups is 1. The highest BCUT2D eigenvalue weighted by Gasteiger charge is 2.16. The average molecular weight is 298 g/mol. The zero-order valence-corrected chi connectivity index (χ0v) is 12.1. The summed E-state index contributed by atoms with van der Waals surface area (Å²) in [7, 11) is 0. The fourth-order valence-electron chi connectivity index (χ4n) is 2.20. The summed E-state index contributed by atoms with van der Waals surface area (Å²) in [5.41, 5.74) is 0.604. The number of aliphatic hydroxyl groups excluding tert-OH is 1. The van der Waals surface area contributed by atoms with E-state index in [1.54, 1.807) is 12.1 Å². The number of carbonyl (C=O) groups is 1. The number of likely N-dealkylation sites (tertiary alicyclic amines) is 1. The maximum Gasteiger partial charge on any atom is 0.319 e. The number of anilines is 1. The normalized spacial score (nSPS) is 16.9. The lowest BCUT2D eigenvalue weighted by atomic mass is 10.1. The molecule has 0 unspecified atom stereocenters. The highest BCUT2D eigenvalue weighted by atomic mass is 35.5. The van der Waals surface area contributed by atoms with Crippen LogP contribution in [0.15, 0.2) is 24.3 Å². The third-order valence-electron chi connectivity index (χ3n) is 3.39. The molecule has 2 amide bonds. The summed E-state index contributed by atoms with van der Waals surface area (Å²) in [6, 6.07) is 6.87. The average Bonchev–Trinajstić information content (AvgIpc) is 2.44. The molecule has 1 aromatic carbocycles. The number of rotatable bonds is 4. The number of piperidine rings is 1. The molecule has 5 nitrogen and oxygen atoms in total. The Morgan fingerprint density at radius 3 is 2.75 bits per heavy atom. The summed E-state index contributed by atoms with van der Waals surface area (Å²) in [5.74, 6) is 0. The fourth-order valence-corrected chi connectivity index (χ4v) is 2.38. The first kappa shape index (κ1) is 15.1. The molecule has 0 bridgehead atoms. The van der Waals surface area contributed by atoms with Crippen LogP contribution in [0.2, 0.25) is 5.02 Å². The molecular weight excluding hydrogens is 278 g/mol. The molecule has 3 N–H and O–H groups in total. The number of halogens is 1. The Morgan fingerprint density at radius 2 is 2.05 bits per heavy atom. The van der Waals surface area contributed by atoms with E-state index in [1.165, 1.54) is 0 Å². The zero-order chi connectivity index (χ0) is 14.4. The van der Waals surface area contributed by atoms with Crippen molar-refractivity contribution in [2.45, 2.75) is 18.9 Å². The van der Waals surface area contributed by atoms with Crippen molar-refractivity contribution in [3.8, 4) is 0 Å². The number of aliphatic hydroxyl groups is 1. The third-order valence-corrected chi connectivity index (χ3v) is 3.72. The number of carbonyl (C=O) groups excluding carboxylic acids is 1. The summed E-state index contributed by atoms with van der Waals surface area (Å²) in [6.45, 7) is 3.14. The second kappa shape index (κ2) is 7.47. The van der Waals surface area contributed by atoms with E-state index in [0.29, 0.717) is 17.3 Å². The summed E-state index contributed by atoms with van der Waals surface area (Å²) in [4.78, 5) is 14.0. The van der Waals surface area contributed by atoms with Crippen LogP contribution in [-0.4, -0.2) is 48.3 Å². The standard InChI is InChI=1S/C14H20ClN3O2/c15-12-3-1-2-4-13(12)17-14(20)16-7-10-18-8-5-11(19)6-9-18/h1-4,11,19H,5-10H2,(H2,16,17,20). The first-order valence-corrected chi connectivity index (χ1v) is 7.23. The second-order valence-electron chi connectivity index (χ2n) is 4.93. The van der Waals surface area contributed by atoms with E-state index >= 15 is 0 Å². The molecule has 2 rings (SSSR count). The van der Waals surface area contributed by atoms with Crippen LogP contribution in [0.3, 0.4) is 0 Å². The third kappa shape index (κ3) is 4.67. The number of para-hydroxylation sites is 1. The topological polar surface area (TPSA) is 64.6 Å². The van der Waals surface area contributed by atoms with Crippen molar-refractivity contribution in [3.05, 3.63) is 29.3 Å². The van der Waals surface area contributed by atoms with Gasteiger partial charge in [0.25, 0.3) is 0 Å². The van der Waals surface area contributed by atoms with Crippen molar-refractivity contribution in [1.29, 1.82) is 0 Å². The van der Waals surface area contributed by atoms with Crippen molar-refractivity contribution in [3.63, 3.8) is 0 Å². The highest BCUT2D eigenvalue weighted by Crippen LogP contribution is 2.19. The zero-order valence-electron chi connectivity index (χ0n) is 11.3. The molecule has 20 heavy (non-hydrogen) atoms. The first-order chi connectivity index (χ1) is 9.65. The molecule has 1 aliphatic rings. The molecule has 1 aromatic rings. The van der Waals surface area contributed by atoms with Gasteiger partial charge in [0, 0.05) is 26.2 Å². The largest absolute Gasteiger partial charge is 0.393 e. The van der Waals surface area contributed by atoms with Gasteiger partial charge in [0.15, 0.2) is 0 Å². The Morgan fingerprint density at radius 1 is 1.35 bits per heavy atom. The lowest BCUT2D eigenvalue weighted by Crippen LogP contribution is -2.41. The monoisotopic (exact) mass is 297 g/mol. The Kier molecular flexibility index (Phi) is 5.64. The van der Waals surface area contributed by atoms with Gasteiger partial charge in [-0.15, -0.1) is 0 Å². The first-order valence-electron chi connectivity index (χ1n) is 6.85. The summed E-state index contributed by atoms with van der Waals surface area (Å²) in [6.07, 6.45) is 1.46. The lowest BCUT2D eigenvalue weighted by Gasteiger charge is -2.29. The Bertz CT molecular complexity index is 448. The molecular formula is C14H20ClN3O2. The molecule has 0 aliphatic carbocycles. The smallest absolute Gasteiger partial charge is 0.319 e. The summed E-state index contributed by atoms with van der Waals surface area (Å²) >= 11 is 5.96. The van der Waals surface area contributed by atoms with Gasteiger partial charge < -0.3 is 20.6 Å². The highest BCUT2D eigenvalue weighted by molar-refractivity contribution is 6.33. The molecule has 6 heteroatoms. The van der Waals surface area contributed by atoms with E-state index in [1.807, 2.05) is 12.1 Å². The van der Waals surface area contributed by atoms with Gasteiger partial charge in [0.05, 0.1) is 16.8 Å². The molecule has 110 valence electrons. The number of amides is 2. The van der Waals surface area contributed by atoms with Crippen molar-refractivity contribution in [1.82, 2.24) is 10.2 Å². The van der Waals surface area contributed by atoms with E-state index in [2.05, 4.69) is 15.5 Å². The minimum absolute atomic E-state index is 0.164. The van der Waals surface area contributed by atoms with Crippen LogP contribution < -0.4 is 10.6 Å². The lowest BCUT2D eigenvalue weighted by molar-refractivity contribution is 0.0833. The van der Waals surface area contributed by atoms with Crippen LogP contribution >= 0.6 is 11.6 Å². The van der Waals surface area contributed by atoms with E-state index < -0.39 is 0 Å². The molecule has 0 spiro atoms. The van der Waals surface area contributed by atoms with E-state index in [-0.39, 0.29) is 12.1 Å². The van der Waals surface area contributed by atoms with Gasteiger partial charge in [-0.05, 0) is 25.0 Å². The van der Waals surface area contributed by atoms with E-state index in [0.717, 1.165) is 32.5 Å². The van der Waals surface area contributed by atoms with Gasteiger partial charge in [-0.25, -0.2) is 4.79 Å². The van der Waals surface area contributed by atoms with Crippen LogP contribution in [0.4, 0.5) is 10.5 Å². The molecule has 1 heterocycles. The van der Waals surface area contributed by atoms with Gasteiger partial charge in [0.1, 0.15) is 0 Å². The SMILES string of the molecule is O=C(NCCN1CCC(O)CC1)Nc1ccccc1Cl. The fraction of sp³-hybridized carbons (Fsp3) is 0.500. The minimum Gasteiger partial charge on any atom is -0.393 e. The van der Waals surface area contributed by atoms with E-state index in [9.17, 15) is 9.90 Å². The second-order valence-corrected chi connectivity index (χ2v) is 5.34. The molecule has 1 saturated heterocycles. The summed E-state index contributed by atoms with van der Waals surface area (Å²) < 4.78 is 0. The number of hydrogen-bond acceptors (Lipinski definition) is 3. The molecule has 1 fully saturated rings. The van der Waals surface area contributed by atoms with Crippen molar-refractivity contribution < 1.29 is 9.90 Å². The van der Waals surface area contributed by atoms with Gasteiger partial charge >= 0.3 is 6.03 Å². The Balaban J connectivity index is 1.67. The predicted octanol–water partition coefficient (Wildman–Crippen LogP) is 1.92. The van der Waals surface area contributed by atoms with Gasteiger partial charge in [-0.1, -0.05) is 23.7 Å². The number of nitrogens with one attached hydrogen (secondary N) is 2. The van der Waals surface area contributed by atoms with E-state index in [4.69, 9.17) is 11.6 Å². The maximum absolute atomic E-state index is 11.7. The number of nitrogens with zero attached hydrogens (tertiary/aromatic N) is 1. The number of benzene rings is 1. The van der Waals surface area contributed by atoms with Crippen LogP contribution in [0.5, 0.6) is 0 Å². The molecule has 0 radical (unpaired) electrons. The minimum atomic E-state index is -0.254. The van der Waals surface area contributed by atoms with Crippen molar-refractivity contribution in [2.24, 2.45) is 0 Å². The summed E-state index contributed by atoms with van der Waals surface area (Å²) in [5, 5.41) is 15.5. The van der Waals surface area contributed by atoms with Gasteiger partial charge in [-0.3, -0.25) is 0 Å². The molecule has 0 aromatic heterocycles. The van der Waals surface area contributed by atoms with Crippen LogP contribution in [-0.2, 0) is 0 Å². The maximum atomic E-state index is 11.7. The molecule has 0 atom stereocenters. The van der Waals surface area contributed by atoms with Crippen molar-refractivity contribution >= 4 is 23.3 Å². The Labute approximate surface area is 123 Å². The van der Waals surface area contributed by atoms with Gasteiger partial charge in [0.2, 0.25) is 0 Å². The Hall–Kier alpha value is -1.30. The van der Waals surface area contributed by atoms with Gasteiger partial charge in [-0.2, -0.15) is 0 Å². The van der Waals surface area contributed by atoms with Crippen LogP contribution in [0, 0.1) is 0 Å². The van der Waals surface area contributed by atoms with Crippen molar-refractivity contribution in [2.75, 3.05) is 31.5 Å². The quantitative estimate of drug-likeness (QED) is 0.795. The van der Waals surface area contributed by atoms with Crippen LogP contribution in [0.25, 0.3) is 0 Å². The number of hydrogen-bond donors (Lipinski definition) is 3. The molecule has 0 saturated carbocycles.